The maximum atomic E-state index is 5.12. The van der Waals surface area contributed by atoms with Gasteiger partial charge in [-0.3, -0.25) is 9.78 Å². The van der Waals surface area contributed by atoms with E-state index in [2.05, 4.69) is 70.5 Å². The Balaban J connectivity index is 1.77. The second kappa shape index (κ2) is 9.93. The highest BCUT2D eigenvalue weighted by atomic mass is 32.2. The number of nitrogens with one attached hydrogen (secondary N) is 2. The van der Waals surface area contributed by atoms with Crippen molar-refractivity contribution in [3.05, 3.63) is 71.5 Å². The van der Waals surface area contributed by atoms with E-state index >= 15 is 0 Å². The van der Waals surface area contributed by atoms with Crippen molar-refractivity contribution in [2.75, 3.05) is 23.5 Å². The monoisotopic (exact) mass is 475 g/mol. The van der Waals surface area contributed by atoms with Gasteiger partial charge in [-0.05, 0) is 75.1 Å². The van der Waals surface area contributed by atoms with Gasteiger partial charge in [0.25, 0.3) is 0 Å². The summed E-state index contributed by atoms with van der Waals surface area (Å²) in [6, 6.07) is 8.50. The fourth-order valence-electron chi connectivity index (χ4n) is 3.99. The molecule has 2 aromatic heterocycles. The number of allylic oxidation sites excluding steroid dienone is 2. The van der Waals surface area contributed by atoms with Crippen molar-refractivity contribution in [1.29, 1.82) is 0 Å². The number of H-pyrrole nitrogens is 1. The van der Waals surface area contributed by atoms with Gasteiger partial charge >= 0.3 is 0 Å². The van der Waals surface area contributed by atoms with Crippen molar-refractivity contribution in [2.45, 2.75) is 38.5 Å². The molecule has 0 aliphatic heterocycles. The molecule has 0 bridgehead atoms. The number of rotatable bonds is 8. The number of thioether (sulfide) groups is 1. The van der Waals surface area contributed by atoms with Crippen LogP contribution in [0.4, 0.5) is 11.5 Å². The SMILES string of the molecule is C=C(/C(=C(\N=C(/C)N(C)c1ccc(SC)cc1C)Nc1cc(C)[nH]n1)C1CC1)c1cnn(C)c1. The van der Waals surface area contributed by atoms with E-state index in [1.165, 1.54) is 10.5 Å². The zero-order valence-corrected chi connectivity index (χ0v) is 21.6. The van der Waals surface area contributed by atoms with E-state index in [1.54, 1.807) is 16.4 Å². The molecule has 8 heteroatoms. The highest BCUT2D eigenvalue weighted by Crippen LogP contribution is 2.44. The number of hydrogen-bond donors (Lipinski definition) is 2. The van der Waals surface area contributed by atoms with E-state index in [1.807, 2.05) is 39.4 Å². The number of aryl methyl sites for hydroxylation is 3. The molecule has 2 heterocycles. The lowest BCUT2D eigenvalue weighted by molar-refractivity contribution is 0.767. The van der Waals surface area contributed by atoms with Gasteiger partial charge in [0.15, 0.2) is 5.82 Å². The summed E-state index contributed by atoms with van der Waals surface area (Å²) in [6.07, 6.45) is 8.21. The van der Waals surface area contributed by atoms with Gasteiger partial charge in [-0.1, -0.05) is 6.58 Å². The molecule has 178 valence electrons. The summed E-state index contributed by atoms with van der Waals surface area (Å²) in [5, 5.41) is 15.2. The standard InChI is InChI=1S/C26H33N7S/c1-16-12-22(34-7)10-11-23(16)33(6)19(4)28-26(29-24-13-17(2)30-31-24)25(20-8-9-20)18(3)21-14-27-32(5)15-21/h10-15,20H,3,8-9H2,1-2,4-7H3,(H2,29,30,31)/b26-25-,28-19+. The topological polar surface area (TPSA) is 74.1 Å². The fraction of sp³-hybridized carbons (Fsp3) is 0.346. The first-order chi connectivity index (χ1) is 16.3. The highest BCUT2D eigenvalue weighted by molar-refractivity contribution is 7.98. The predicted octanol–water partition coefficient (Wildman–Crippen LogP) is 5.78. The van der Waals surface area contributed by atoms with Crippen LogP contribution in [0, 0.1) is 19.8 Å². The van der Waals surface area contributed by atoms with Crippen LogP contribution >= 0.6 is 11.8 Å². The summed E-state index contributed by atoms with van der Waals surface area (Å²) in [4.78, 5) is 8.51. The third-order valence-electron chi connectivity index (χ3n) is 6.10. The molecule has 0 atom stereocenters. The normalized spacial score (nSPS) is 14.7. The Bertz CT molecular complexity index is 1260. The Morgan fingerprint density at radius 3 is 2.62 bits per heavy atom. The first-order valence-corrected chi connectivity index (χ1v) is 12.6. The maximum Gasteiger partial charge on any atom is 0.153 e. The summed E-state index contributed by atoms with van der Waals surface area (Å²) in [7, 11) is 3.98. The van der Waals surface area contributed by atoms with Crippen LogP contribution in [0.3, 0.4) is 0 Å². The molecular formula is C26H33N7S. The number of aliphatic imine (C=N–C) groups is 1. The van der Waals surface area contributed by atoms with Gasteiger partial charge in [-0.15, -0.1) is 11.8 Å². The van der Waals surface area contributed by atoms with Gasteiger partial charge in [0.2, 0.25) is 0 Å². The maximum absolute atomic E-state index is 5.12. The van der Waals surface area contributed by atoms with Crippen LogP contribution < -0.4 is 10.2 Å². The lowest BCUT2D eigenvalue weighted by atomic mass is 9.98. The van der Waals surface area contributed by atoms with Crippen LogP contribution in [0.2, 0.25) is 0 Å². The molecule has 1 aromatic carbocycles. The fourth-order valence-corrected chi connectivity index (χ4v) is 4.49. The van der Waals surface area contributed by atoms with Crippen molar-refractivity contribution in [1.82, 2.24) is 20.0 Å². The summed E-state index contributed by atoms with van der Waals surface area (Å²) in [5.74, 6) is 2.82. The van der Waals surface area contributed by atoms with Crippen LogP contribution in [-0.4, -0.2) is 39.1 Å². The zero-order valence-electron chi connectivity index (χ0n) is 20.8. The molecule has 0 unspecified atom stereocenters. The van der Waals surface area contributed by atoms with Crippen molar-refractivity contribution in [2.24, 2.45) is 18.0 Å². The summed E-state index contributed by atoms with van der Waals surface area (Å²) >= 11 is 1.75. The first-order valence-electron chi connectivity index (χ1n) is 11.4. The molecule has 7 nitrogen and oxygen atoms in total. The number of hydrogen-bond acceptors (Lipinski definition) is 5. The highest BCUT2D eigenvalue weighted by Gasteiger charge is 2.32. The molecule has 1 fully saturated rings. The van der Waals surface area contributed by atoms with Crippen LogP contribution in [0.1, 0.15) is 36.6 Å². The third kappa shape index (κ3) is 5.28. The first kappa shape index (κ1) is 23.9. The quantitative estimate of drug-likeness (QED) is 0.187. The van der Waals surface area contributed by atoms with Crippen molar-refractivity contribution >= 4 is 34.7 Å². The van der Waals surface area contributed by atoms with Gasteiger partial charge in [0.05, 0.1) is 6.20 Å². The lowest BCUT2D eigenvalue weighted by Gasteiger charge is -2.23. The average Bonchev–Trinajstić information content (AvgIpc) is 3.40. The predicted molar refractivity (Wildman–Crippen MR) is 143 cm³/mol. The van der Waals surface area contributed by atoms with Crippen molar-refractivity contribution in [3.63, 3.8) is 0 Å². The summed E-state index contributed by atoms with van der Waals surface area (Å²) in [5.41, 5.74) is 6.41. The van der Waals surface area contributed by atoms with Crippen LogP contribution in [0.5, 0.6) is 0 Å². The minimum absolute atomic E-state index is 0.416. The Labute approximate surface area is 206 Å². The Hall–Kier alpha value is -3.26. The number of aromatic amines is 1. The van der Waals surface area contributed by atoms with Crippen LogP contribution in [0.15, 0.2) is 64.5 Å². The van der Waals surface area contributed by atoms with E-state index in [4.69, 9.17) is 4.99 Å². The molecule has 0 saturated heterocycles. The van der Waals surface area contributed by atoms with E-state index in [0.29, 0.717) is 5.92 Å². The summed E-state index contributed by atoms with van der Waals surface area (Å²) in [6.45, 7) is 10.6. The van der Waals surface area contributed by atoms with Crippen LogP contribution in [0.25, 0.3) is 5.57 Å². The molecule has 1 saturated carbocycles. The van der Waals surface area contributed by atoms with Gasteiger partial charge in [-0.25, -0.2) is 4.99 Å². The number of benzene rings is 1. The second-order valence-electron chi connectivity index (χ2n) is 8.85. The second-order valence-corrected chi connectivity index (χ2v) is 9.73. The number of amidine groups is 1. The van der Waals surface area contributed by atoms with Gasteiger partial charge < -0.3 is 10.2 Å². The van der Waals surface area contributed by atoms with E-state index < -0.39 is 0 Å². The third-order valence-corrected chi connectivity index (χ3v) is 6.82. The van der Waals surface area contributed by atoms with Gasteiger partial charge in [0.1, 0.15) is 11.7 Å². The number of anilines is 2. The minimum Gasteiger partial charge on any atom is -0.333 e. The molecule has 0 spiro atoms. The van der Waals surface area contributed by atoms with E-state index in [-0.39, 0.29) is 0 Å². The molecule has 0 amide bonds. The molecule has 3 aromatic rings. The van der Waals surface area contributed by atoms with Crippen molar-refractivity contribution < 1.29 is 0 Å². The number of nitrogens with zero attached hydrogens (tertiary/aromatic N) is 5. The molecule has 1 aliphatic rings. The zero-order chi connectivity index (χ0) is 24.4. The molecular weight excluding hydrogens is 442 g/mol. The molecule has 34 heavy (non-hydrogen) atoms. The van der Waals surface area contributed by atoms with E-state index in [0.717, 1.165) is 58.4 Å². The molecule has 2 N–H and O–H groups in total. The van der Waals surface area contributed by atoms with Gasteiger partial charge in [-0.2, -0.15) is 10.2 Å². The smallest absolute Gasteiger partial charge is 0.153 e. The Morgan fingerprint density at radius 2 is 2.06 bits per heavy atom. The van der Waals surface area contributed by atoms with E-state index in [9.17, 15) is 0 Å². The molecule has 4 rings (SSSR count). The largest absolute Gasteiger partial charge is 0.333 e. The minimum atomic E-state index is 0.416. The molecule has 0 radical (unpaired) electrons. The van der Waals surface area contributed by atoms with Crippen LogP contribution in [-0.2, 0) is 7.05 Å². The summed E-state index contributed by atoms with van der Waals surface area (Å²) < 4.78 is 1.80. The number of aromatic nitrogens is 4. The van der Waals surface area contributed by atoms with Crippen molar-refractivity contribution in [3.8, 4) is 0 Å². The Morgan fingerprint density at radius 1 is 1.29 bits per heavy atom. The lowest BCUT2D eigenvalue weighted by Crippen LogP contribution is -2.25. The average molecular weight is 476 g/mol. The Kier molecular flexibility index (Phi) is 6.97. The molecule has 1 aliphatic carbocycles. The van der Waals surface area contributed by atoms with Gasteiger partial charge in [0, 0.05) is 53.8 Å².